The van der Waals surface area contributed by atoms with Gasteiger partial charge in [0.1, 0.15) is 11.7 Å². The molecule has 1 aliphatic heterocycles. The molecule has 150 valence electrons. The molecule has 0 saturated carbocycles. The second kappa shape index (κ2) is 6.47. The monoisotopic (exact) mass is 378 g/mol. The summed E-state index contributed by atoms with van der Waals surface area (Å²) in [7, 11) is 0. The Hall–Kier alpha value is -2.09. The zero-order valence-electron chi connectivity index (χ0n) is 18.9. The minimum atomic E-state index is -0.367. The molecular weight excluding hydrogens is 344 g/mol. The van der Waals surface area contributed by atoms with E-state index in [0.29, 0.717) is 0 Å². The number of fused-ring (bicyclic) bond motifs is 1. The van der Waals surface area contributed by atoms with Crippen molar-refractivity contribution in [3.8, 4) is 5.75 Å². The second-order valence-corrected chi connectivity index (χ2v) is 10.9. The molecule has 0 N–H and O–H groups in total. The van der Waals surface area contributed by atoms with Gasteiger partial charge in [0.15, 0.2) is 0 Å². The number of carbonyl (C=O) groups excluding carboxylic acids is 1. The molecule has 3 rings (SSSR count). The van der Waals surface area contributed by atoms with Crippen LogP contribution in [0.15, 0.2) is 47.6 Å². The van der Waals surface area contributed by atoms with E-state index in [4.69, 9.17) is 4.74 Å². The van der Waals surface area contributed by atoms with E-state index in [1.54, 1.807) is 0 Å². The lowest BCUT2D eigenvalue weighted by molar-refractivity contribution is -0.133. The summed E-state index contributed by atoms with van der Waals surface area (Å²) in [6.07, 6.45) is 8.49. The average Bonchev–Trinajstić information content (AvgIpc) is 2.79. The Labute approximate surface area is 170 Å². The van der Waals surface area contributed by atoms with Crippen molar-refractivity contribution in [1.29, 1.82) is 0 Å². The zero-order chi connectivity index (χ0) is 21.1. The van der Waals surface area contributed by atoms with E-state index in [2.05, 4.69) is 98.8 Å². The lowest BCUT2D eigenvalue weighted by Crippen LogP contribution is -2.17. The van der Waals surface area contributed by atoms with Gasteiger partial charge in [-0.15, -0.1) is 0 Å². The second-order valence-electron chi connectivity index (χ2n) is 10.9. The first-order valence-corrected chi connectivity index (χ1v) is 10.2. The van der Waals surface area contributed by atoms with Crippen LogP contribution >= 0.6 is 0 Å². The van der Waals surface area contributed by atoms with Crippen molar-refractivity contribution in [3.05, 3.63) is 64.3 Å². The quantitative estimate of drug-likeness (QED) is 0.399. The molecule has 1 heterocycles. The van der Waals surface area contributed by atoms with E-state index < -0.39 is 0 Å². The molecule has 2 nitrogen and oxygen atoms in total. The maximum absolute atomic E-state index is 13.1. The Balaban J connectivity index is 2.24. The van der Waals surface area contributed by atoms with Crippen molar-refractivity contribution < 1.29 is 9.53 Å². The van der Waals surface area contributed by atoms with Gasteiger partial charge in [-0.2, -0.15) is 0 Å². The highest BCUT2D eigenvalue weighted by atomic mass is 16.5. The predicted octanol–water partition coefficient (Wildman–Crippen LogP) is 6.75. The largest absolute Gasteiger partial charge is 0.425 e. The fraction of sp³-hybridized carbons (Fsp3) is 0.500. The first kappa shape index (κ1) is 20.6. The Kier molecular flexibility index (Phi) is 4.77. The highest BCUT2D eigenvalue weighted by Crippen LogP contribution is 2.48. The molecule has 0 bridgehead atoms. The molecule has 2 heteroatoms. The lowest BCUT2D eigenvalue weighted by Gasteiger charge is -2.27. The third-order valence-electron chi connectivity index (χ3n) is 6.05. The topological polar surface area (TPSA) is 26.3 Å². The summed E-state index contributed by atoms with van der Waals surface area (Å²) in [6, 6.07) is 4.41. The first-order chi connectivity index (χ1) is 12.7. The number of benzene rings is 1. The van der Waals surface area contributed by atoms with Crippen LogP contribution in [0.25, 0.3) is 0 Å². The van der Waals surface area contributed by atoms with Crippen molar-refractivity contribution in [1.82, 2.24) is 0 Å². The van der Waals surface area contributed by atoms with Gasteiger partial charge in [-0.1, -0.05) is 97.4 Å². The van der Waals surface area contributed by atoms with Crippen LogP contribution in [0.3, 0.4) is 0 Å². The molecule has 1 atom stereocenters. The van der Waals surface area contributed by atoms with Gasteiger partial charge in [-0.05, 0) is 28.9 Å². The van der Waals surface area contributed by atoms with Gasteiger partial charge in [0.2, 0.25) is 0 Å². The molecule has 0 aromatic heterocycles. The van der Waals surface area contributed by atoms with Crippen molar-refractivity contribution >= 4 is 5.97 Å². The minimum absolute atomic E-state index is 0.00366. The maximum Gasteiger partial charge on any atom is 0.323 e. The fourth-order valence-corrected chi connectivity index (χ4v) is 3.85. The normalized spacial score (nSPS) is 21.6. The maximum atomic E-state index is 13.1. The van der Waals surface area contributed by atoms with Crippen LogP contribution in [0.5, 0.6) is 5.75 Å². The van der Waals surface area contributed by atoms with Crippen LogP contribution < -0.4 is 4.74 Å². The van der Waals surface area contributed by atoms with Crippen LogP contribution in [0.1, 0.15) is 84.9 Å². The predicted molar refractivity (Wildman–Crippen MR) is 117 cm³/mol. The molecule has 1 aromatic rings. The molecule has 0 amide bonds. The summed E-state index contributed by atoms with van der Waals surface area (Å²) in [5.41, 5.74) is 5.45. The van der Waals surface area contributed by atoms with E-state index in [1.165, 1.54) is 11.1 Å². The van der Waals surface area contributed by atoms with Crippen molar-refractivity contribution in [2.24, 2.45) is 5.41 Å². The van der Waals surface area contributed by atoms with Crippen LogP contribution in [0.4, 0.5) is 0 Å². The SMILES string of the molecule is CC1=CC=CC(C2C(=O)Oc3c2cc(C(C)(C)C)cc3C(C)(C)C)=CC1(C)C. The van der Waals surface area contributed by atoms with Gasteiger partial charge in [0.05, 0.1) is 0 Å². The molecule has 28 heavy (non-hydrogen) atoms. The van der Waals surface area contributed by atoms with Gasteiger partial charge < -0.3 is 4.74 Å². The smallest absolute Gasteiger partial charge is 0.323 e. The molecule has 2 aliphatic rings. The highest BCUT2D eigenvalue weighted by Gasteiger charge is 2.40. The number of hydrogen-bond acceptors (Lipinski definition) is 2. The van der Waals surface area contributed by atoms with Crippen LogP contribution in [-0.2, 0) is 15.6 Å². The van der Waals surface area contributed by atoms with Crippen LogP contribution in [-0.4, -0.2) is 5.97 Å². The highest BCUT2D eigenvalue weighted by molar-refractivity contribution is 5.91. The van der Waals surface area contributed by atoms with Crippen LogP contribution in [0, 0.1) is 5.41 Å². The first-order valence-electron chi connectivity index (χ1n) is 10.2. The Bertz CT molecular complexity index is 909. The number of rotatable bonds is 1. The van der Waals surface area contributed by atoms with Crippen molar-refractivity contribution in [2.45, 2.75) is 79.1 Å². The van der Waals surface area contributed by atoms with Gasteiger partial charge in [0.25, 0.3) is 0 Å². The minimum Gasteiger partial charge on any atom is -0.425 e. The Morgan fingerprint density at radius 1 is 1.00 bits per heavy atom. The third kappa shape index (κ3) is 3.62. The van der Waals surface area contributed by atoms with E-state index in [-0.39, 0.29) is 28.1 Å². The van der Waals surface area contributed by atoms with Crippen LogP contribution in [0.2, 0.25) is 0 Å². The van der Waals surface area contributed by atoms with E-state index in [1.807, 2.05) is 0 Å². The zero-order valence-corrected chi connectivity index (χ0v) is 18.9. The standard InChI is InChI=1S/C26H34O2/c1-16-11-10-12-17(15-26(16,8)9)21-19-13-18(24(2,3)4)14-20(25(5,6)7)22(19)28-23(21)27/h10-15,21H,1-9H3. The number of carbonyl (C=O) groups is 1. The van der Waals surface area contributed by atoms with Gasteiger partial charge >= 0.3 is 5.97 Å². The van der Waals surface area contributed by atoms with E-state index >= 15 is 0 Å². The number of ether oxygens (including phenoxy) is 1. The molecule has 0 fully saturated rings. The van der Waals surface area contributed by atoms with Gasteiger partial charge in [-0.3, -0.25) is 4.79 Å². The molecule has 1 aliphatic carbocycles. The summed E-state index contributed by atoms with van der Waals surface area (Å²) >= 11 is 0. The number of hydrogen-bond donors (Lipinski definition) is 0. The molecule has 1 aromatic carbocycles. The summed E-state index contributed by atoms with van der Waals surface area (Å²) in [4.78, 5) is 13.1. The van der Waals surface area contributed by atoms with Crippen molar-refractivity contribution in [2.75, 3.05) is 0 Å². The number of allylic oxidation sites excluding steroid dienone is 5. The number of esters is 1. The summed E-state index contributed by atoms with van der Waals surface area (Å²) < 4.78 is 5.90. The average molecular weight is 379 g/mol. The molecular formula is C26H34O2. The summed E-state index contributed by atoms with van der Waals surface area (Å²) in [5.74, 6) is 0.225. The molecule has 1 unspecified atom stereocenters. The Morgan fingerprint density at radius 3 is 2.21 bits per heavy atom. The molecule has 0 spiro atoms. The van der Waals surface area contributed by atoms with Gasteiger partial charge in [0, 0.05) is 16.5 Å². The van der Waals surface area contributed by atoms with E-state index in [9.17, 15) is 4.79 Å². The lowest BCUT2D eigenvalue weighted by atomic mass is 9.76. The van der Waals surface area contributed by atoms with Crippen molar-refractivity contribution in [3.63, 3.8) is 0 Å². The summed E-state index contributed by atoms with van der Waals surface area (Å²) in [6.45, 7) is 19.7. The Morgan fingerprint density at radius 2 is 1.64 bits per heavy atom. The third-order valence-corrected chi connectivity index (χ3v) is 6.05. The van der Waals surface area contributed by atoms with E-state index in [0.717, 1.165) is 22.4 Å². The molecule has 0 radical (unpaired) electrons. The summed E-state index contributed by atoms with van der Waals surface area (Å²) in [5, 5.41) is 0. The molecule has 0 saturated heterocycles. The van der Waals surface area contributed by atoms with Gasteiger partial charge in [-0.25, -0.2) is 0 Å². The fourth-order valence-electron chi connectivity index (χ4n) is 3.85.